The zero-order valence-corrected chi connectivity index (χ0v) is 13.2. The van der Waals surface area contributed by atoms with E-state index >= 15 is 0 Å². The Morgan fingerprint density at radius 3 is 2.50 bits per heavy atom. The van der Waals surface area contributed by atoms with Crippen LogP contribution in [0.15, 0.2) is 0 Å². The topological polar surface area (TPSA) is 58.4 Å². The molecule has 0 aromatic carbocycles. The van der Waals surface area contributed by atoms with E-state index in [1.54, 1.807) is 0 Å². The van der Waals surface area contributed by atoms with Crippen LogP contribution in [0.25, 0.3) is 0 Å². The van der Waals surface area contributed by atoms with Gasteiger partial charge >= 0.3 is 0 Å². The molecule has 1 amide bonds. The highest BCUT2D eigenvalue weighted by Gasteiger charge is 2.35. The molecule has 116 valence electrons. The molecular weight excluding hydrogens is 250 g/mol. The summed E-state index contributed by atoms with van der Waals surface area (Å²) in [6.07, 6.45) is 7.63. The van der Waals surface area contributed by atoms with Gasteiger partial charge in [-0.05, 0) is 51.6 Å². The summed E-state index contributed by atoms with van der Waals surface area (Å²) < 4.78 is 0. The van der Waals surface area contributed by atoms with Crippen LogP contribution in [0.3, 0.4) is 0 Å². The van der Waals surface area contributed by atoms with Gasteiger partial charge in [0.15, 0.2) is 0 Å². The van der Waals surface area contributed by atoms with Crippen LogP contribution in [0, 0.1) is 5.92 Å². The lowest BCUT2D eigenvalue weighted by Crippen LogP contribution is -2.57. The minimum Gasteiger partial charge on any atom is -0.353 e. The average molecular weight is 281 g/mol. The maximum absolute atomic E-state index is 12.3. The number of likely N-dealkylation sites (tertiary alicyclic amines) is 1. The number of nitrogens with one attached hydrogen (secondary N) is 1. The Balaban J connectivity index is 1.75. The molecule has 0 bridgehead atoms. The largest absolute Gasteiger partial charge is 0.353 e. The van der Waals surface area contributed by atoms with Crippen molar-refractivity contribution in [3.05, 3.63) is 0 Å². The van der Waals surface area contributed by atoms with E-state index in [-0.39, 0.29) is 5.91 Å². The Kier molecular flexibility index (Phi) is 5.44. The molecule has 1 unspecified atom stereocenters. The van der Waals surface area contributed by atoms with Crippen molar-refractivity contribution in [3.63, 3.8) is 0 Å². The van der Waals surface area contributed by atoms with Crippen molar-refractivity contribution >= 4 is 5.91 Å². The van der Waals surface area contributed by atoms with E-state index in [1.807, 2.05) is 0 Å². The first-order valence-electron chi connectivity index (χ1n) is 8.32. The molecule has 4 heteroatoms. The van der Waals surface area contributed by atoms with E-state index in [0.717, 1.165) is 51.2 Å². The average Bonchev–Trinajstić information content (AvgIpc) is 2.46. The van der Waals surface area contributed by atoms with Gasteiger partial charge < -0.3 is 11.1 Å². The molecule has 1 saturated heterocycles. The predicted molar refractivity (Wildman–Crippen MR) is 82.4 cm³/mol. The fraction of sp³-hybridized carbons (Fsp3) is 0.938. The van der Waals surface area contributed by atoms with Crippen LogP contribution in [-0.2, 0) is 4.79 Å². The Hall–Kier alpha value is -0.610. The highest BCUT2D eigenvalue weighted by Crippen LogP contribution is 2.26. The monoisotopic (exact) mass is 281 g/mol. The number of nitrogens with two attached hydrogens (primary N) is 1. The molecule has 2 aliphatic rings. The Morgan fingerprint density at radius 2 is 1.90 bits per heavy atom. The van der Waals surface area contributed by atoms with Gasteiger partial charge in [0.2, 0.25) is 5.91 Å². The lowest BCUT2D eigenvalue weighted by molar-refractivity contribution is -0.127. The molecule has 20 heavy (non-hydrogen) atoms. The molecule has 1 aliphatic heterocycles. The van der Waals surface area contributed by atoms with Crippen LogP contribution < -0.4 is 11.1 Å². The van der Waals surface area contributed by atoms with Crippen LogP contribution in [-0.4, -0.2) is 42.0 Å². The van der Waals surface area contributed by atoms with E-state index in [0.29, 0.717) is 6.04 Å². The van der Waals surface area contributed by atoms with Gasteiger partial charge in [-0.3, -0.25) is 9.69 Å². The van der Waals surface area contributed by atoms with E-state index < -0.39 is 5.54 Å². The van der Waals surface area contributed by atoms with Gasteiger partial charge in [-0.15, -0.1) is 0 Å². The molecule has 0 spiro atoms. The number of carbonyl (C=O) groups excluding carboxylic acids is 1. The number of nitrogens with zero attached hydrogens (tertiary/aromatic N) is 1. The standard InChI is InChI=1S/C16H31N3O/c1-13-6-10-19(11-7-13)14(2)12-18-15(20)16(17)8-4-3-5-9-16/h13-14H,3-12,17H2,1-2H3,(H,18,20). The van der Waals surface area contributed by atoms with Crippen molar-refractivity contribution in [2.24, 2.45) is 11.7 Å². The summed E-state index contributed by atoms with van der Waals surface area (Å²) in [5.41, 5.74) is 5.66. The molecule has 2 fully saturated rings. The molecule has 1 saturated carbocycles. The Morgan fingerprint density at radius 1 is 1.30 bits per heavy atom. The maximum Gasteiger partial charge on any atom is 0.240 e. The smallest absolute Gasteiger partial charge is 0.240 e. The fourth-order valence-electron chi connectivity index (χ4n) is 3.42. The van der Waals surface area contributed by atoms with Gasteiger partial charge in [-0.25, -0.2) is 0 Å². The van der Waals surface area contributed by atoms with Crippen LogP contribution >= 0.6 is 0 Å². The molecule has 1 atom stereocenters. The summed E-state index contributed by atoms with van der Waals surface area (Å²) in [5.74, 6) is 0.914. The van der Waals surface area contributed by atoms with Gasteiger partial charge in [0.1, 0.15) is 0 Å². The van der Waals surface area contributed by atoms with Crippen molar-refractivity contribution in [1.29, 1.82) is 0 Å². The first-order valence-corrected chi connectivity index (χ1v) is 8.32. The van der Waals surface area contributed by atoms with Crippen molar-refractivity contribution in [2.45, 2.75) is 70.4 Å². The second-order valence-electron chi connectivity index (χ2n) is 6.99. The number of hydrogen-bond acceptors (Lipinski definition) is 3. The molecule has 0 aromatic heterocycles. The fourth-order valence-corrected chi connectivity index (χ4v) is 3.42. The van der Waals surface area contributed by atoms with Crippen molar-refractivity contribution < 1.29 is 4.79 Å². The number of amides is 1. The summed E-state index contributed by atoms with van der Waals surface area (Å²) >= 11 is 0. The van der Waals surface area contributed by atoms with Gasteiger partial charge in [0.05, 0.1) is 5.54 Å². The molecule has 4 nitrogen and oxygen atoms in total. The lowest BCUT2D eigenvalue weighted by atomic mass is 9.82. The SMILES string of the molecule is CC1CCN(C(C)CNC(=O)C2(N)CCCCC2)CC1. The molecule has 3 N–H and O–H groups in total. The summed E-state index contributed by atoms with van der Waals surface area (Å²) in [4.78, 5) is 14.8. The summed E-state index contributed by atoms with van der Waals surface area (Å²) in [6, 6.07) is 0.415. The Labute approximate surface area is 123 Å². The highest BCUT2D eigenvalue weighted by atomic mass is 16.2. The van der Waals surface area contributed by atoms with Gasteiger partial charge in [-0.2, -0.15) is 0 Å². The van der Waals surface area contributed by atoms with E-state index in [9.17, 15) is 4.79 Å². The Bertz CT molecular complexity index is 318. The summed E-state index contributed by atoms with van der Waals surface area (Å²) in [5, 5.41) is 3.10. The van der Waals surface area contributed by atoms with E-state index in [4.69, 9.17) is 5.73 Å². The molecular formula is C16H31N3O. The number of hydrogen-bond donors (Lipinski definition) is 2. The van der Waals surface area contributed by atoms with Crippen molar-refractivity contribution in [3.8, 4) is 0 Å². The third kappa shape index (κ3) is 3.95. The lowest BCUT2D eigenvalue weighted by Gasteiger charge is -2.36. The minimum atomic E-state index is -0.603. The summed E-state index contributed by atoms with van der Waals surface area (Å²) in [6.45, 7) is 7.58. The third-order valence-electron chi connectivity index (χ3n) is 5.20. The van der Waals surface area contributed by atoms with Gasteiger partial charge in [0.25, 0.3) is 0 Å². The molecule has 2 rings (SSSR count). The number of piperidine rings is 1. The predicted octanol–water partition coefficient (Wildman–Crippen LogP) is 1.88. The van der Waals surface area contributed by atoms with Crippen molar-refractivity contribution in [2.75, 3.05) is 19.6 Å². The quantitative estimate of drug-likeness (QED) is 0.827. The van der Waals surface area contributed by atoms with Crippen LogP contribution in [0.5, 0.6) is 0 Å². The van der Waals surface area contributed by atoms with Crippen LogP contribution in [0.2, 0.25) is 0 Å². The van der Waals surface area contributed by atoms with Crippen molar-refractivity contribution in [1.82, 2.24) is 10.2 Å². The van der Waals surface area contributed by atoms with E-state index in [1.165, 1.54) is 19.3 Å². The normalized spacial score (nSPS) is 26.1. The second kappa shape index (κ2) is 6.90. The zero-order valence-electron chi connectivity index (χ0n) is 13.2. The first-order chi connectivity index (χ1) is 9.51. The molecule has 1 heterocycles. The molecule has 0 aromatic rings. The number of carbonyl (C=O) groups is 1. The second-order valence-corrected chi connectivity index (χ2v) is 6.99. The van der Waals surface area contributed by atoms with Crippen LogP contribution in [0.4, 0.5) is 0 Å². The van der Waals surface area contributed by atoms with E-state index in [2.05, 4.69) is 24.1 Å². The minimum absolute atomic E-state index is 0.0643. The van der Waals surface area contributed by atoms with Crippen LogP contribution in [0.1, 0.15) is 58.8 Å². The molecule has 1 aliphatic carbocycles. The highest BCUT2D eigenvalue weighted by molar-refractivity contribution is 5.86. The van der Waals surface area contributed by atoms with Gasteiger partial charge in [0, 0.05) is 12.6 Å². The first kappa shape index (κ1) is 15.8. The number of rotatable bonds is 4. The van der Waals surface area contributed by atoms with Gasteiger partial charge in [-0.1, -0.05) is 26.2 Å². The third-order valence-corrected chi connectivity index (χ3v) is 5.20. The molecule has 0 radical (unpaired) electrons. The zero-order chi connectivity index (χ0) is 14.6. The maximum atomic E-state index is 12.3. The summed E-state index contributed by atoms with van der Waals surface area (Å²) in [7, 11) is 0.